The molecule has 0 rings (SSSR count). The first-order valence-corrected chi connectivity index (χ1v) is 9.47. The largest absolute Gasteiger partial charge is 0.465 e. The predicted octanol–water partition coefficient (Wildman–Crippen LogP) is 5.69. The average molecular weight is 339 g/mol. The second-order valence-electron chi connectivity index (χ2n) is 6.41. The van der Waals surface area contributed by atoms with Crippen molar-refractivity contribution in [3.05, 3.63) is 0 Å². The number of esters is 1. The summed E-state index contributed by atoms with van der Waals surface area (Å²) in [5.41, 5.74) is 0. The van der Waals surface area contributed by atoms with Crippen molar-refractivity contribution in [3.8, 4) is 0 Å². The molecule has 0 aliphatic heterocycles. The number of hydrogen-bond donors (Lipinski definition) is 0. The van der Waals surface area contributed by atoms with Crippen LogP contribution in [0.3, 0.4) is 0 Å². The Labute approximate surface area is 138 Å². The summed E-state index contributed by atoms with van der Waals surface area (Å²) < 4.78 is 30.7. The smallest absolute Gasteiger partial charge is 0.319 e. The summed E-state index contributed by atoms with van der Waals surface area (Å²) in [6.45, 7) is 7.57. The molecular weight excluding hydrogens is 306 g/mol. The lowest BCUT2D eigenvalue weighted by Gasteiger charge is -2.16. The lowest BCUT2D eigenvalue weighted by atomic mass is 10.1. The quantitative estimate of drug-likeness (QED) is 0.318. The number of carbonyl (C=O) groups is 1. The molecule has 0 amide bonds. The van der Waals surface area contributed by atoms with Gasteiger partial charge in [-0.1, -0.05) is 40.0 Å². The SMILES string of the molecule is CCCCC(SCCCCCC(C)(F)F)C(=O)OCC(C)C. The number of hydrogen-bond acceptors (Lipinski definition) is 3. The minimum absolute atomic E-state index is 0.0483. The molecule has 132 valence electrons. The van der Waals surface area contributed by atoms with Crippen LogP contribution in [0.4, 0.5) is 8.78 Å². The van der Waals surface area contributed by atoms with Crippen LogP contribution in [-0.2, 0) is 9.53 Å². The monoisotopic (exact) mass is 338 g/mol. The number of unbranched alkanes of at least 4 members (excludes halogenated alkanes) is 3. The maximum atomic E-state index is 12.7. The Hall–Kier alpha value is -0.320. The van der Waals surface area contributed by atoms with Crippen LogP contribution in [-0.4, -0.2) is 29.5 Å². The third kappa shape index (κ3) is 13.4. The van der Waals surface area contributed by atoms with Crippen molar-refractivity contribution >= 4 is 17.7 Å². The molecule has 0 spiro atoms. The van der Waals surface area contributed by atoms with Gasteiger partial charge in [-0.25, -0.2) is 8.78 Å². The molecule has 5 heteroatoms. The molecule has 2 nitrogen and oxygen atoms in total. The molecule has 0 aromatic heterocycles. The first kappa shape index (κ1) is 21.7. The van der Waals surface area contributed by atoms with Crippen molar-refractivity contribution in [2.45, 2.75) is 83.8 Å². The number of thioether (sulfide) groups is 1. The Morgan fingerprint density at radius 3 is 2.41 bits per heavy atom. The summed E-state index contributed by atoms with van der Waals surface area (Å²) in [6.07, 6.45) is 5.06. The summed E-state index contributed by atoms with van der Waals surface area (Å²) >= 11 is 1.62. The fourth-order valence-electron chi connectivity index (χ4n) is 1.94. The van der Waals surface area contributed by atoms with Crippen molar-refractivity contribution in [2.24, 2.45) is 5.92 Å². The van der Waals surface area contributed by atoms with E-state index >= 15 is 0 Å². The third-order valence-electron chi connectivity index (χ3n) is 3.22. The molecule has 0 saturated carbocycles. The van der Waals surface area contributed by atoms with Crippen LogP contribution in [0.5, 0.6) is 0 Å². The summed E-state index contributed by atoms with van der Waals surface area (Å²) in [6, 6.07) is 0. The van der Waals surface area contributed by atoms with Gasteiger partial charge in [0, 0.05) is 6.42 Å². The van der Waals surface area contributed by atoms with Gasteiger partial charge in [0.15, 0.2) is 0 Å². The van der Waals surface area contributed by atoms with Crippen molar-refractivity contribution in [3.63, 3.8) is 0 Å². The highest BCUT2D eigenvalue weighted by molar-refractivity contribution is 8.00. The van der Waals surface area contributed by atoms with Gasteiger partial charge in [0.05, 0.1) is 6.61 Å². The summed E-state index contributed by atoms with van der Waals surface area (Å²) in [5.74, 6) is -1.50. The first-order valence-electron chi connectivity index (χ1n) is 8.42. The highest BCUT2D eigenvalue weighted by Crippen LogP contribution is 2.23. The minimum Gasteiger partial charge on any atom is -0.465 e. The molecule has 1 atom stereocenters. The fraction of sp³-hybridized carbons (Fsp3) is 0.941. The van der Waals surface area contributed by atoms with E-state index in [-0.39, 0.29) is 17.6 Å². The molecule has 0 aliphatic rings. The number of halogens is 2. The highest BCUT2D eigenvalue weighted by atomic mass is 32.2. The van der Waals surface area contributed by atoms with E-state index < -0.39 is 5.92 Å². The van der Waals surface area contributed by atoms with Crippen molar-refractivity contribution in [2.75, 3.05) is 12.4 Å². The van der Waals surface area contributed by atoms with Crippen LogP contribution in [0, 0.1) is 5.92 Å². The number of alkyl halides is 2. The molecule has 0 bridgehead atoms. The van der Waals surface area contributed by atoms with Crippen molar-refractivity contribution < 1.29 is 18.3 Å². The van der Waals surface area contributed by atoms with Crippen LogP contribution in [0.1, 0.15) is 72.6 Å². The Balaban J connectivity index is 3.96. The van der Waals surface area contributed by atoms with Gasteiger partial charge in [0.25, 0.3) is 0 Å². The molecule has 0 aliphatic carbocycles. The lowest BCUT2D eigenvalue weighted by molar-refractivity contribution is -0.144. The van der Waals surface area contributed by atoms with Crippen LogP contribution < -0.4 is 0 Å². The number of carbonyl (C=O) groups excluding carboxylic acids is 1. The molecule has 0 aromatic carbocycles. The normalized spacial score (nSPS) is 13.4. The van der Waals surface area contributed by atoms with E-state index in [1.165, 1.54) is 0 Å². The molecule has 0 fully saturated rings. The van der Waals surface area contributed by atoms with E-state index in [1.807, 2.05) is 13.8 Å². The number of ether oxygens (including phenoxy) is 1. The van der Waals surface area contributed by atoms with Gasteiger partial charge in [0.2, 0.25) is 5.92 Å². The maximum absolute atomic E-state index is 12.7. The molecular formula is C17H32F2O2S. The van der Waals surface area contributed by atoms with Gasteiger partial charge in [-0.2, -0.15) is 0 Å². The van der Waals surface area contributed by atoms with Gasteiger partial charge in [-0.05, 0) is 37.9 Å². The Morgan fingerprint density at radius 1 is 1.18 bits per heavy atom. The third-order valence-corrected chi connectivity index (χ3v) is 4.58. The van der Waals surface area contributed by atoms with Crippen molar-refractivity contribution in [1.82, 2.24) is 0 Å². The van der Waals surface area contributed by atoms with E-state index in [1.54, 1.807) is 11.8 Å². The standard InChI is InChI=1S/C17H32F2O2S/c1-5-6-10-15(16(20)21-13-14(2)3)22-12-9-7-8-11-17(4,18)19/h14-15H,5-13H2,1-4H3. The summed E-state index contributed by atoms with van der Waals surface area (Å²) in [7, 11) is 0. The Morgan fingerprint density at radius 2 is 1.86 bits per heavy atom. The van der Waals surface area contributed by atoms with Gasteiger partial charge in [-0.3, -0.25) is 4.79 Å². The second kappa shape index (κ2) is 12.1. The molecule has 0 radical (unpaired) electrons. The molecule has 0 aromatic rings. The minimum atomic E-state index is -2.56. The van der Waals surface area contributed by atoms with Gasteiger partial charge in [0.1, 0.15) is 5.25 Å². The van der Waals surface area contributed by atoms with Crippen LogP contribution in [0.15, 0.2) is 0 Å². The van der Waals surface area contributed by atoms with E-state index in [9.17, 15) is 13.6 Å². The zero-order chi connectivity index (χ0) is 17.0. The van der Waals surface area contributed by atoms with Crippen LogP contribution in [0.25, 0.3) is 0 Å². The first-order chi connectivity index (χ1) is 10.3. The van der Waals surface area contributed by atoms with E-state index in [0.717, 1.165) is 44.8 Å². The Kier molecular flexibility index (Phi) is 12.0. The Bertz CT molecular complexity index is 291. The van der Waals surface area contributed by atoms with Crippen molar-refractivity contribution in [1.29, 1.82) is 0 Å². The highest BCUT2D eigenvalue weighted by Gasteiger charge is 2.21. The van der Waals surface area contributed by atoms with Gasteiger partial charge >= 0.3 is 5.97 Å². The molecule has 0 saturated heterocycles. The molecule has 0 N–H and O–H groups in total. The summed E-state index contributed by atoms with van der Waals surface area (Å²) in [5, 5.41) is -0.105. The van der Waals surface area contributed by atoms with Gasteiger partial charge < -0.3 is 4.74 Å². The van der Waals surface area contributed by atoms with Gasteiger partial charge in [-0.15, -0.1) is 11.8 Å². The topological polar surface area (TPSA) is 26.3 Å². The molecule has 1 unspecified atom stereocenters. The van der Waals surface area contributed by atoms with Crippen LogP contribution in [0.2, 0.25) is 0 Å². The van der Waals surface area contributed by atoms with E-state index in [0.29, 0.717) is 18.9 Å². The second-order valence-corrected chi connectivity index (χ2v) is 7.72. The molecule has 0 heterocycles. The fourth-order valence-corrected chi connectivity index (χ4v) is 3.13. The average Bonchev–Trinajstić information content (AvgIpc) is 2.41. The van der Waals surface area contributed by atoms with E-state index in [4.69, 9.17) is 4.74 Å². The number of rotatable bonds is 13. The predicted molar refractivity (Wildman–Crippen MR) is 90.7 cm³/mol. The zero-order valence-corrected chi connectivity index (χ0v) is 15.3. The zero-order valence-electron chi connectivity index (χ0n) is 14.5. The lowest BCUT2D eigenvalue weighted by Crippen LogP contribution is -2.22. The van der Waals surface area contributed by atoms with Crippen LogP contribution >= 0.6 is 11.8 Å². The summed E-state index contributed by atoms with van der Waals surface area (Å²) in [4.78, 5) is 12.1. The van der Waals surface area contributed by atoms with E-state index in [2.05, 4.69) is 6.92 Å². The maximum Gasteiger partial charge on any atom is 0.319 e. The molecule has 22 heavy (non-hydrogen) atoms.